The maximum Gasteiger partial charge on any atom is 0.307 e. The quantitative estimate of drug-likeness (QED) is 0.690. The number of carbonyl (C=O) groups excluding carboxylic acids is 3. The number of hydrogen-bond acceptors (Lipinski definition) is 5. The van der Waals surface area contributed by atoms with Crippen molar-refractivity contribution in [2.45, 2.75) is 46.6 Å². The Morgan fingerprint density at radius 1 is 1.17 bits per heavy atom. The highest BCUT2D eigenvalue weighted by molar-refractivity contribution is 6.03. The summed E-state index contributed by atoms with van der Waals surface area (Å²) < 4.78 is 10.6. The van der Waals surface area contributed by atoms with Crippen LogP contribution < -0.4 is 0 Å². The van der Waals surface area contributed by atoms with Crippen molar-refractivity contribution >= 4 is 17.7 Å². The molecule has 1 aromatic carbocycles. The molecule has 1 aromatic heterocycles. The Labute approximate surface area is 170 Å². The summed E-state index contributed by atoms with van der Waals surface area (Å²) in [7, 11) is 1.32. The zero-order valence-electron chi connectivity index (χ0n) is 17.4. The van der Waals surface area contributed by atoms with Gasteiger partial charge in [0.1, 0.15) is 5.76 Å². The molecule has 6 heteroatoms. The van der Waals surface area contributed by atoms with Crippen molar-refractivity contribution in [1.82, 2.24) is 4.90 Å². The molecule has 0 saturated heterocycles. The van der Waals surface area contributed by atoms with Crippen molar-refractivity contribution < 1.29 is 23.5 Å². The average molecular weight is 397 g/mol. The van der Waals surface area contributed by atoms with Crippen molar-refractivity contribution in [3.8, 4) is 0 Å². The number of fused-ring (bicyclic) bond motifs is 1. The maximum atomic E-state index is 13.3. The molecule has 0 bridgehead atoms. The van der Waals surface area contributed by atoms with Gasteiger partial charge in [0.05, 0.1) is 19.1 Å². The number of ether oxygens (including phenoxy) is 1. The number of benzene rings is 1. The van der Waals surface area contributed by atoms with Crippen molar-refractivity contribution in [1.29, 1.82) is 0 Å². The lowest BCUT2D eigenvalue weighted by Gasteiger charge is -2.27. The van der Waals surface area contributed by atoms with E-state index in [1.807, 2.05) is 44.2 Å². The summed E-state index contributed by atoms with van der Waals surface area (Å²) in [6, 6.07) is 9.54. The summed E-state index contributed by atoms with van der Waals surface area (Å²) in [6.45, 7) is 6.33. The number of esters is 1. The van der Waals surface area contributed by atoms with Crippen molar-refractivity contribution in [2.75, 3.05) is 13.7 Å². The molecule has 1 aliphatic carbocycles. The lowest BCUT2D eigenvalue weighted by Crippen LogP contribution is -2.33. The van der Waals surface area contributed by atoms with E-state index in [0.29, 0.717) is 36.3 Å². The average Bonchev–Trinajstić information content (AvgIpc) is 3.00. The van der Waals surface area contributed by atoms with Crippen LogP contribution in [0.4, 0.5) is 0 Å². The lowest BCUT2D eigenvalue weighted by atomic mass is 9.76. The minimum atomic E-state index is -0.386. The highest BCUT2D eigenvalue weighted by Gasteiger charge is 2.37. The minimum absolute atomic E-state index is 0.0146. The normalized spacial score (nSPS) is 15.0. The number of furan rings is 1. The zero-order valence-corrected chi connectivity index (χ0v) is 17.4. The summed E-state index contributed by atoms with van der Waals surface area (Å²) in [6.07, 6.45) is 1.13. The molecular weight excluding hydrogens is 370 g/mol. The number of nitrogens with zero attached hydrogens (tertiary/aromatic N) is 1. The van der Waals surface area contributed by atoms with E-state index in [9.17, 15) is 14.4 Å². The van der Waals surface area contributed by atoms with Crippen LogP contribution in [-0.2, 0) is 22.5 Å². The van der Waals surface area contributed by atoms with Gasteiger partial charge >= 0.3 is 5.97 Å². The van der Waals surface area contributed by atoms with Gasteiger partial charge in [0.15, 0.2) is 11.5 Å². The Bertz CT molecular complexity index is 926. The van der Waals surface area contributed by atoms with Crippen LogP contribution in [0.3, 0.4) is 0 Å². The van der Waals surface area contributed by atoms with Gasteiger partial charge in [0, 0.05) is 31.5 Å². The van der Waals surface area contributed by atoms with E-state index in [-0.39, 0.29) is 41.8 Å². The van der Waals surface area contributed by atoms with Gasteiger partial charge in [-0.15, -0.1) is 0 Å². The summed E-state index contributed by atoms with van der Waals surface area (Å²) in [4.78, 5) is 39.2. The van der Waals surface area contributed by atoms with Crippen LogP contribution in [0.15, 0.2) is 34.7 Å². The van der Waals surface area contributed by atoms with Gasteiger partial charge in [0.25, 0.3) is 5.91 Å². The number of carbonyl (C=O) groups is 3. The summed E-state index contributed by atoms with van der Waals surface area (Å²) >= 11 is 0. The molecule has 0 spiro atoms. The number of ketones is 1. The molecular formula is C23H27NO5. The fourth-order valence-corrected chi connectivity index (χ4v) is 3.81. The lowest BCUT2D eigenvalue weighted by molar-refractivity contribution is -0.140. The number of Topliss-reactive ketones (excluding diaryl/α,β-unsaturated/α-hetero) is 1. The zero-order chi connectivity index (χ0) is 21.2. The Morgan fingerprint density at radius 2 is 1.86 bits per heavy atom. The molecule has 0 radical (unpaired) electrons. The first-order valence-corrected chi connectivity index (χ1v) is 9.77. The van der Waals surface area contributed by atoms with E-state index in [2.05, 4.69) is 0 Å². The molecule has 154 valence electrons. The van der Waals surface area contributed by atoms with E-state index in [0.717, 1.165) is 5.56 Å². The molecule has 6 nitrogen and oxygen atoms in total. The number of hydrogen-bond donors (Lipinski definition) is 0. The molecule has 0 N–H and O–H groups in total. The van der Waals surface area contributed by atoms with Gasteiger partial charge in [0.2, 0.25) is 0 Å². The molecule has 0 atom stereocenters. The molecule has 0 fully saturated rings. The first kappa shape index (κ1) is 20.8. The van der Waals surface area contributed by atoms with Gasteiger partial charge in [-0.05, 0) is 17.9 Å². The fraction of sp³-hybridized carbons (Fsp3) is 0.435. The smallest absolute Gasteiger partial charge is 0.307 e. The predicted molar refractivity (Wildman–Crippen MR) is 108 cm³/mol. The molecule has 1 amide bonds. The first-order chi connectivity index (χ1) is 13.7. The summed E-state index contributed by atoms with van der Waals surface area (Å²) in [5.74, 6) is 0.0702. The Morgan fingerprint density at radius 3 is 2.52 bits per heavy atom. The summed E-state index contributed by atoms with van der Waals surface area (Å²) in [5.41, 5.74) is 1.88. The third kappa shape index (κ3) is 4.58. The SMILES string of the molecule is COC(=O)CCN(Cc1ccccc1)C(=O)c1oc2c(c1C)C(=O)CC(C)(C)C2. The Kier molecular flexibility index (Phi) is 5.91. The van der Waals surface area contributed by atoms with Crippen LogP contribution in [0.5, 0.6) is 0 Å². The molecule has 0 unspecified atom stereocenters. The maximum absolute atomic E-state index is 13.3. The van der Waals surface area contributed by atoms with Crippen LogP contribution in [0.1, 0.15) is 64.5 Å². The van der Waals surface area contributed by atoms with Crippen LogP contribution in [-0.4, -0.2) is 36.2 Å². The minimum Gasteiger partial charge on any atom is -0.469 e. The molecule has 0 saturated carbocycles. The number of amides is 1. The third-order valence-electron chi connectivity index (χ3n) is 5.29. The molecule has 1 aliphatic rings. The van der Waals surface area contributed by atoms with Crippen LogP contribution in [0.25, 0.3) is 0 Å². The van der Waals surface area contributed by atoms with E-state index in [1.165, 1.54) is 7.11 Å². The monoisotopic (exact) mass is 397 g/mol. The van der Waals surface area contributed by atoms with E-state index < -0.39 is 0 Å². The third-order valence-corrected chi connectivity index (χ3v) is 5.29. The summed E-state index contributed by atoms with van der Waals surface area (Å²) in [5, 5.41) is 0. The Hall–Kier alpha value is -2.89. The molecule has 3 rings (SSSR count). The standard InChI is InChI=1S/C23H27NO5/c1-15-20-17(25)12-23(2,3)13-18(20)29-21(15)22(27)24(11-10-19(26)28-4)14-16-8-6-5-7-9-16/h5-9H,10-14H2,1-4H3. The largest absolute Gasteiger partial charge is 0.469 e. The fourth-order valence-electron chi connectivity index (χ4n) is 3.81. The highest BCUT2D eigenvalue weighted by Crippen LogP contribution is 2.38. The second kappa shape index (κ2) is 8.23. The predicted octanol–water partition coefficient (Wildman–Crippen LogP) is 3.95. The van der Waals surface area contributed by atoms with E-state index in [1.54, 1.807) is 11.8 Å². The second-order valence-electron chi connectivity index (χ2n) is 8.33. The second-order valence-corrected chi connectivity index (χ2v) is 8.33. The Balaban J connectivity index is 1.91. The highest BCUT2D eigenvalue weighted by atomic mass is 16.5. The molecule has 0 aliphatic heterocycles. The van der Waals surface area contributed by atoms with Gasteiger partial charge in [-0.1, -0.05) is 44.2 Å². The van der Waals surface area contributed by atoms with Crippen molar-refractivity contribution in [3.05, 3.63) is 58.5 Å². The van der Waals surface area contributed by atoms with Gasteiger partial charge in [-0.3, -0.25) is 14.4 Å². The van der Waals surface area contributed by atoms with Crippen LogP contribution in [0, 0.1) is 12.3 Å². The number of rotatable bonds is 6. The van der Waals surface area contributed by atoms with E-state index in [4.69, 9.17) is 9.15 Å². The number of methoxy groups -OCH3 is 1. The van der Waals surface area contributed by atoms with E-state index >= 15 is 0 Å². The van der Waals surface area contributed by atoms with Crippen molar-refractivity contribution in [2.24, 2.45) is 5.41 Å². The van der Waals surface area contributed by atoms with Crippen molar-refractivity contribution in [3.63, 3.8) is 0 Å². The first-order valence-electron chi connectivity index (χ1n) is 9.77. The molecule has 29 heavy (non-hydrogen) atoms. The van der Waals surface area contributed by atoms with Crippen LogP contribution in [0.2, 0.25) is 0 Å². The van der Waals surface area contributed by atoms with Crippen LogP contribution >= 0.6 is 0 Å². The van der Waals surface area contributed by atoms with Gasteiger partial charge < -0.3 is 14.1 Å². The topological polar surface area (TPSA) is 76.8 Å². The van der Waals surface area contributed by atoms with Gasteiger partial charge in [-0.2, -0.15) is 0 Å². The molecule has 2 aromatic rings. The molecule has 1 heterocycles. The van der Waals surface area contributed by atoms with Gasteiger partial charge in [-0.25, -0.2) is 0 Å².